The van der Waals surface area contributed by atoms with Crippen LogP contribution in [0.4, 0.5) is 0 Å². The Kier molecular flexibility index (Phi) is 11.4. The van der Waals surface area contributed by atoms with Crippen molar-refractivity contribution >= 4 is 17.7 Å². The average Bonchev–Trinajstić information content (AvgIpc) is 3.62. The second kappa shape index (κ2) is 14.8. The van der Waals surface area contributed by atoms with Crippen molar-refractivity contribution in [3.8, 4) is 0 Å². The molecule has 5 atom stereocenters. The normalized spacial score (nSPS) is 29.0. The Bertz CT molecular complexity index is 940. The predicted octanol–water partition coefficient (Wildman–Crippen LogP) is 1.69. The molecule has 2 unspecified atom stereocenters. The molecule has 4 saturated heterocycles. The van der Waals surface area contributed by atoms with Crippen molar-refractivity contribution < 1.29 is 29.0 Å². The number of carbonyl (C=O) groups excluding carboxylic acids is 3. The first-order chi connectivity index (χ1) is 19.9. The number of rotatable bonds is 17. The Hall–Kier alpha value is -2.27. The smallest absolute Gasteiger partial charge is 0.248 e. The summed E-state index contributed by atoms with van der Waals surface area (Å²) in [5, 5.41) is 9.18. The molecule has 0 radical (unpaired) electrons. The zero-order chi connectivity index (χ0) is 29.4. The Morgan fingerprint density at radius 1 is 1.02 bits per heavy atom. The summed E-state index contributed by atoms with van der Waals surface area (Å²) in [5.41, 5.74) is -0.991. The molecule has 0 saturated carbocycles. The van der Waals surface area contributed by atoms with Gasteiger partial charge in [-0.1, -0.05) is 31.9 Å². The number of morpholine rings is 1. The Labute approximate surface area is 245 Å². The van der Waals surface area contributed by atoms with E-state index >= 15 is 0 Å². The lowest BCUT2D eigenvalue weighted by Crippen LogP contribution is -2.57. The minimum atomic E-state index is -0.991. The summed E-state index contributed by atoms with van der Waals surface area (Å²) in [6, 6.07) is -0.760. The monoisotopic (exact) mass is 574 g/mol. The van der Waals surface area contributed by atoms with Crippen LogP contribution >= 0.6 is 0 Å². The van der Waals surface area contributed by atoms with Crippen LogP contribution in [0.15, 0.2) is 25.3 Å². The minimum absolute atomic E-state index is 0.0667. The van der Waals surface area contributed by atoms with E-state index in [-0.39, 0.29) is 30.4 Å². The zero-order valence-electron chi connectivity index (χ0n) is 24.9. The molecule has 10 nitrogen and oxygen atoms in total. The summed E-state index contributed by atoms with van der Waals surface area (Å²) in [6.45, 7) is 16.0. The fraction of sp³-hybridized carbons (Fsp3) is 0.774. The summed E-state index contributed by atoms with van der Waals surface area (Å²) in [4.78, 5) is 50.2. The molecular weight excluding hydrogens is 524 g/mol. The van der Waals surface area contributed by atoms with E-state index in [0.29, 0.717) is 58.8 Å². The number of hydrogen-bond acceptors (Lipinski definition) is 7. The topological polar surface area (TPSA) is 103 Å². The zero-order valence-corrected chi connectivity index (χ0v) is 24.9. The highest BCUT2D eigenvalue weighted by atomic mass is 16.5. The number of likely N-dealkylation sites (tertiary alicyclic amines) is 1. The Balaban J connectivity index is 1.61. The number of aliphatic hydroxyl groups excluding tert-OH is 1. The van der Waals surface area contributed by atoms with Gasteiger partial charge in [0.05, 0.1) is 31.2 Å². The lowest BCUT2D eigenvalue weighted by Gasteiger charge is -2.37. The lowest BCUT2D eigenvalue weighted by molar-refractivity contribution is -0.149. The molecule has 2 bridgehead atoms. The Morgan fingerprint density at radius 2 is 1.71 bits per heavy atom. The van der Waals surface area contributed by atoms with Crippen LogP contribution in [0, 0.1) is 11.8 Å². The van der Waals surface area contributed by atoms with Crippen molar-refractivity contribution in [2.24, 2.45) is 11.8 Å². The fourth-order valence-corrected chi connectivity index (χ4v) is 7.34. The summed E-state index contributed by atoms with van der Waals surface area (Å²) in [7, 11) is 0. The van der Waals surface area contributed by atoms with Crippen molar-refractivity contribution in [3.63, 3.8) is 0 Å². The van der Waals surface area contributed by atoms with Crippen LogP contribution in [0.1, 0.15) is 51.9 Å². The summed E-state index contributed by atoms with van der Waals surface area (Å²) < 4.78 is 12.1. The highest BCUT2D eigenvalue weighted by Crippen LogP contribution is 2.59. The van der Waals surface area contributed by atoms with E-state index in [4.69, 9.17) is 9.47 Å². The van der Waals surface area contributed by atoms with Crippen molar-refractivity contribution in [1.82, 2.24) is 19.6 Å². The van der Waals surface area contributed by atoms with E-state index < -0.39 is 23.5 Å². The van der Waals surface area contributed by atoms with Crippen LogP contribution < -0.4 is 0 Å². The number of unbranched alkanes of at least 4 members (excludes halogenated alkanes) is 3. The molecule has 0 aromatic rings. The number of fused-ring (bicyclic) bond motifs is 1. The molecule has 230 valence electrons. The molecule has 0 aromatic carbocycles. The maximum absolute atomic E-state index is 14.5. The van der Waals surface area contributed by atoms with Gasteiger partial charge in [0.15, 0.2) is 0 Å². The molecule has 4 heterocycles. The molecular formula is C31H50N4O6. The van der Waals surface area contributed by atoms with Crippen LogP contribution in [0.3, 0.4) is 0 Å². The van der Waals surface area contributed by atoms with Crippen LogP contribution in [-0.2, 0) is 23.9 Å². The third-order valence-electron chi connectivity index (χ3n) is 9.23. The van der Waals surface area contributed by atoms with E-state index in [0.717, 1.165) is 51.7 Å². The highest BCUT2D eigenvalue weighted by molar-refractivity contribution is 5.99. The van der Waals surface area contributed by atoms with Gasteiger partial charge in [-0.15, -0.1) is 13.2 Å². The average molecular weight is 575 g/mol. The van der Waals surface area contributed by atoms with E-state index in [1.54, 1.807) is 22.0 Å². The number of aliphatic hydroxyl groups is 1. The maximum atomic E-state index is 14.5. The van der Waals surface area contributed by atoms with Crippen LogP contribution in [0.5, 0.6) is 0 Å². The van der Waals surface area contributed by atoms with Crippen LogP contribution in [0.25, 0.3) is 0 Å². The maximum Gasteiger partial charge on any atom is 0.248 e. The summed E-state index contributed by atoms with van der Waals surface area (Å²) >= 11 is 0. The standard InChI is InChI=1S/C31H50N4O6/c1-4-13-33(14-5-2)28(37)25-24-11-12-31(41-24)26(25)29(38)35(16-9-7-8-10-21-36)27(31)30(39)34(15-6-3)18-17-32-19-22-40-23-20-32/h4,6,24-27,36H,1,3,5,7-23H2,2H3/t24-,25+,26+,27?,31?/m1/s1. The molecule has 3 amide bonds. The van der Waals surface area contributed by atoms with Gasteiger partial charge in [0, 0.05) is 59.0 Å². The SMILES string of the molecule is C=CCN(CCN1CCOCC1)C(=O)C1N(CCCCCCO)C(=O)[C@@H]2[C@@H](C(=O)N(CC=C)CCC)[C@H]3CCC12O3. The molecule has 0 aromatic heterocycles. The van der Waals surface area contributed by atoms with Gasteiger partial charge in [0.2, 0.25) is 17.7 Å². The Morgan fingerprint density at radius 3 is 2.37 bits per heavy atom. The van der Waals surface area contributed by atoms with Crippen molar-refractivity contribution in [2.45, 2.75) is 69.6 Å². The first-order valence-corrected chi connectivity index (χ1v) is 15.6. The second-order valence-corrected chi connectivity index (χ2v) is 11.8. The largest absolute Gasteiger partial charge is 0.396 e. The predicted molar refractivity (Wildman–Crippen MR) is 156 cm³/mol. The third-order valence-corrected chi connectivity index (χ3v) is 9.23. The van der Waals surface area contributed by atoms with Gasteiger partial charge in [0.1, 0.15) is 11.6 Å². The summed E-state index contributed by atoms with van der Waals surface area (Å²) in [6.07, 6.45) is 8.33. The number of hydrogen-bond donors (Lipinski definition) is 1. The van der Waals surface area contributed by atoms with E-state index in [1.807, 2.05) is 11.8 Å². The molecule has 10 heteroatoms. The lowest BCUT2D eigenvalue weighted by atomic mass is 9.70. The van der Waals surface area contributed by atoms with E-state index in [2.05, 4.69) is 18.1 Å². The number of ether oxygens (including phenoxy) is 2. The molecule has 4 rings (SSSR count). The molecule has 4 fully saturated rings. The van der Waals surface area contributed by atoms with Crippen molar-refractivity contribution in [3.05, 3.63) is 25.3 Å². The van der Waals surface area contributed by atoms with Gasteiger partial charge in [-0.3, -0.25) is 19.3 Å². The first kappa shape index (κ1) is 31.7. The van der Waals surface area contributed by atoms with Gasteiger partial charge in [0.25, 0.3) is 0 Å². The third kappa shape index (κ3) is 6.55. The highest BCUT2D eigenvalue weighted by Gasteiger charge is 2.74. The quantitative estimate of drug-likeness (QED) is 0.208. The molecule has 0 aliphatic carbocycles. The van der Waals surface area contributed by atoms with Gasteiger partial charge in [-0.05, 0) is 32.1 Å². The van der Waals surface area contributed by atoms with Crippen LogP contribution in [0.2, 0.25) is 0 Å². The van der Waals surface area contributed by atoms with E-state index in [9.17, 15) is 19.5 Å². The molecule has 41 heavy (non-hydrogen) atoms. The molecule has 1 N–H and O–H groups in total. The van der Waals surface area contributed by atoms with Crippen LogP contribution in [-0.4, -0.2) is 132 Å². The number of amides is 3. The van der Waals surface area contributed by atoms with Crippen molar-refractivity contribution in [2.75, 3.05) is 72.2 Å². The minimum Gasteiger partial charge on any atom is -0.396 e. The fourth-order valence-electron chi connectivity index (χ4n) is 7.34. The van der Waals surface area contributed by atoms with Gasteiger partial charge < -0.3 is 29.3 Å². The van der Waals surface area contributed by atoms with Gasteiger partial charge in [-0.2, -0.15) is 0 Å². The van der Waals surface area contributed by atoms with E-state index in [1.165, 1.54) is 0 Å². The first-order valence-electron chi connectivity index (χ1n) is 15.6. The number of carbonyl (C=O) groups is 3. The van der Waals surface area contributed by atoms with Gasteiger partial charge >= 0.3 is 0 Å². The molecule has 1 spiro atoms. The number of nitrogens with zero attached hydrogens (tertiary/aromatic N) is 4. The molecule has 4 aliphatic rings. The summed E-state index contributed by atoms with van der Waals surface area (Å²) in [5.74, 6) is -1.56. The van der Waals surface area contributed by atoms with Crippen molar-refractivity contribution in [1.29, 1.82) is 0 Å². The second-order valence-electron chi connectivity index (χ2n) is 11.8. The van der Waals surface area contributed by atoms with Gasteiger partial charge in [-0.25, -0.2) is 0 Å². The molecule has 4 aliphatic heterocycles.